The smallest absolute Gasteiger partial charge is 0.130 e. The van der Waals surface area contributed by atoms with Crippen molar-refractivity contribution in [3.8, 4) is 0 Å². The highest BCUT2D eigenvalue weighted by molar-refractivity contribution is 5.19. The highest BCUT2D eigenvalue weighted by atomic mass is 19.1. The van der Waals surface area contributed by atoms with Gasteiger partial charge >= 0.3 is 0 Å². The van der Waals surface area contributed by atoms with Gasteiger partial charge in [-0.2, -0.15) is 0 Å². The number of benzene rings is 1. The Labute approximate surface area is 94.3 Å². The quantitative estimate of drug-likeness (QED) is 0.826. The number of nitrogens with one attached hydrogen (secondary N) is 1. The zero-order valence-electron chi connectivity index (χ0n) is 9.34. The minimum absolute atomic E-state index is 0.177. The molecule has 1 aliphatic heterocycles. The molecule has 16 heavy (non-hydrogen) atoms. The number of halogens is 2. The van der Waals surface area contributed by atoms with Crippen molar-refractivity contribution in [3.05, 3.63) is 35.4 Å². The van der Waals surface area contributed by atoms with E-state index in [0.29, 0.717) is 12.6 Å². The Balaban J connectivity index is 2.08. The third kappa shape index (κ3) is 2.57. The molecule has 1 aromatic rings. The summed E-state index contributed by atoms with van der Waals surface area (Å²) in [5, 5.41) is 3.30. The molecule has 2 nitrogen and oxygen atoms in total. The number of hydrogen-bond acceptors (Lipinski definition) is 2. The lowest BCUT2D eigenvalue weighted by molar-refractivity contribution is 0.195. The maximum Gasteiger partial charge on any atom is 0.130 e. The number of piperazine rings is 1. The molecule has 0 amide bonds. The zero-order valence-corrected chi connectivity index (χ0v) is 9.34. The molecule has 0 unspecified atom stereocenters. The fourth-order valence-electron chi connectivity index (χ4n) is 2.06. The molecule has 1 saturated heterocycles. The second-order valence-electron chi connectivity index (χ2n) is 4.29. The van der Waals surface area contributed by atoms with E-state index in [4.69, 9.17) is 0 Å². The van der Waals surface area contributed by atoms with E-state index in [9.17, 15) is 8.78 Å². The second kappa shape index (κ2) is 4.89. The summed E-state index contributed by atoms with van der Waals surface area (Å²) in [4.78, 5) is 2.07. The van der Waals surface area contributed by atoms with Gasteiger partial charge in [-0.3, -0.25) is 4.90 Å². The molecule has 1 N–H and O–H groups in total. The first-order valence-electron chi connectivity index (χ1n) is 5.55. The van der Waals surface area contributed by atoms with Crippen LogP contribution in [-0.2, 0) is 6.54 Å². The van der Waals surface area contributed by atoms with Crippen molar-refractivity contribution >= 4 is 0 Å². The molecule has 0 aliphatic carbocycles. The molecule has 0 spiro atoms. The molecule has 1 fully saturated rings. The van der Waals surface area contributed by atoms with Gasteiger partial charge in [0.25, 0.3) is 0 Å². The molecule has 1 aromatic carbocycles. The Morgan fingerprint density at radius 1 is 1.38 bits per heavy atom. The largest absolute Gasteiger partial charge is 0.312 e. The summed E-state index contributed by atoms with van der Waals surface area (Å²) in [5.41, 5.74) is 0.177. The van der Waals surface area contributed by atoms with Gasteiger partial charge in [-0.15, -0.1) is 0 Å². The summed E-state index contributed by atoms with van der Waals surface area (Å²) in [7, 11) is 0. The van der Waals surface area contributed by atoms with Gasteiger partial charge in [0.2, 0.25) is 0 Å². The number of nitrogens with zero attached hydrogens (tertiary/aromatic N) is 1. The van der Waals surface area contributed by atoms with Crippen molar-refractivity contribution in [2.45, 2.75) is 19.5 Å². The minimum atomic E-state index is -0.453. The average Bonchev–Trinajstić information content (AvgIpc) is 2.24. The molecular formula is C12H16F2N2. The van der Waals surface area contributed by atoms with Crippen LogP contribution < -0.4 is 5.32 Å². The Morgan fingerprint density at radius 2 is 2.06 bits per heavy atom. The molecule has 0 bridgehead atoms. The van der Waals surface area contributed by atoms with Gasteiger partial charge in [0.05, 0.1) is 0 Å². The van der Waals surface area contributed by atoms with E-state index >= 15 is 0 Å². The van der Waals surface area contributed by atoms with Crippen molar-refractivity contribution < 1.29 is 8.78 Å². The zero-order chi connectivity index (χ0) is 11.5. The Bertz CT molecular complexity index is 348. The molecule has 1 aliphatic rings. The number of hydrogen-bond donors (Lipinski definition) is 1. The van der Waals surface area contributed by atoms with Crippen LogP contribution >= 0.6 is 0 Å². The predicted octanol–water partition coefficient (Wildman–Crippen LogP) is 1.76. The van der Waals surface area contributed by atoms with E-state index in [1.165, 1.54) is 18.2 Å². The van der Waals surface area contributed by atoms with Gasteiger partial charge in [0.15, 0.2) is 0 Å². The van der Waals surface area contributed by atoms with Crippen molar-refractivity contribution in [1.29, 1.82) is 0 Å². The molecule has 1 heterocycles. The van der Waals surface area contributed by atoms with Gasteiger partial charge < -0.3 is 5.32 Å². The maximum atomic E-state index is 13.4. The van der Waals surface area contributed by atoms with Gasteiger partial charge in [0.1, 0.15) is 11.6 Å². The molecule has 88 valence electrons. The maximum absolute atomic E-state index is 13.4. The van der Waals surface area contributed by atoms with Crippen molar-refractivity contribution in [1.82, 2.24) is 10.2 Å². The molecule has 1 atom stereocenters. The van der Waals surface area contributed by atoms with Gasteiger partial charge in [0, 0.05) is 37.8 Å². The monoisotopic (exact) mass is 226 g/mol. The van der Waals surface area contributed by atoms with Crippen LogP contribution in [0, 0.1) is 11.6 Å². The first-order valence-corrected chi connectivity index (χ1v) is 5.55. The summed E-state index contributed by atoms with van der Waals surface area (Å²) in [6.45, 7) is 4.96. The third-order valence-corrected chi connectivity index (χ3v) is 2.90. The van der Waals surface area contributed by atoms with Crippen LogP contribution in [0.25, 0.3) is 0 Å². The fourth-order valence-corrected chi connectivity index (χ4v) is 2.06. The SMILES string of the molecule is C[C@H]1CN(Cc2c(F)cccc2F)CCN1. The molecule has 4 heteroatoms. The Hall–Kier alpha value is -1.00. The summed E-state index contributed by atoms with van der Waals surface area (Å²) in [5.74, 6) is -0.905. The summed E-state index contributed by atoms with van der Waals surface area (Å²) < 4.78 is 26.8. The van der Waals surface area contributed by atoms with E-state index in [1.807, 2.05) is 0 Å². The predicted molar refractivity (Wildman–Crippen MR) is 59.1 cm³/mol. The first-order chi connectivity index (χ1) is 7.66. The third-order valence-electron chi connectivity index (χ3n) is 2.90. The molecule has 0 saturated carbocycles. The van der Waals surface area contributed by atoms with Crippen molar-refractivity contribution in [2.75, 3.05) is 19.6 Å². The van der Waals surface area contributed by atoms with Crippen LogP contribution in [0.3, 0.4) is 0 Å². The normalized spacial score (nSPS) is 22.3. The van der Waals surface area contributed by atoms with Crippen LogP contribution in [0.5, 0.6) is 0 Å². The van der Waals surface area contributed by atoms with Crippen molar-refractivity contribution in [2.24, 2.45) is 0 Å². The van der Waals surface area contributed by atoms with E-state index in [2.05, 4.69) is 17.1 Å². The van der Waals surface area contributed by atoms with Crippen LogP contribution in [-0.4, -0.2) is 30.6 Å². The van der Waals surface area contributed by atoms with Crippen LogP contribution in [0.1, 0.15) is 12.5 Å². The van der Waals surface area contributed by atoms with Gasteiger partial charge in [-0.1, -0.05) is 6.07 Å². The van der Waals surface area contributed by atoms with E-state index < -0.39 is 11.6 Å². The highest BCUT2D eigenvalue weighted by Crippen LogP contribution is 2.15. The van der Waals surface area contributed by atoms with Gasteiger partial charge in [-0.25, -0.2) is 8.78 Å². The fraction of sp³-hybridized carbons (Fsp3) is 0.500. The molecule has 2 rings (SSSR count). The molecule has 0 aromatic heterocycles. The first kappa shape index (κ1) is 11.5. The van der Waals surface area contributed by atoms with E-state index in [1.54, 1.807) is 0 Å². The van der Waals surface area contributed by atoms with E-state index in [0.717, 1.165) is 19.6 Å². The van der Waals surface area contributed by atoms with Crippen molar-refractivity contribution in [3.63, 3.8) is 0 Å². The standard InChI is InChI=1S/C12H16F2N2/c1-9-7-16(6-5-15-9)8-10-11(13)3-2-4-12(10)14/h2-4,9,15H,5-8H2,1H3/t9-/m0/s1. The minimum Gasteiger partial charge on any atom is -0.312 e. The molecular weight excluding hydrogens is 210 g/mol. The lowest BCUT2D eigenvalue weighted by Gasteiger charge is -2.31. The lowest BCUT2D eigenvalue weighted by atomic mass is 10.1. The Kier molecular flexibility index (Phi) is 3.51. The second-order valence-corrected chi connectivity index (χ2v) is 4.29. The lowest BCUT2D eigenvalue weighted by Crippen LogP contribution is -2.48. The van der Waals surface area contributed by atoms with E-state index in [-0.39, 0.29) is 5.56 Å². The van der Waals surface area contributed by atoms with Crippen LogP contribution in [0.4, 0.5) is 8.78 Å². The summed E-state index contributed by atoms with van der Waals surface area (Å²) in [6, 6.07) is 4.39. The Morgan fingerprint density at radius 3 is 2.69 bits per heavy atom. The highest BCUT2D eigenvalue weighted by Gasteiger charge is 2.18. The van der Waals surface area contributed by atoms with Crippen LogP contribution in [0.15, 0.2) is 18.2 Å². The average molecular weight is 226 g/mol. The molecule has 0 radical (unpaired) electrons. The van der Waals surface area contributed by atoms with Gasteiger partial charge in [-0.05, 0) is 19.1 Å². The number of rotatable bonds is 2. The summed E-state index contributed by atoms with van der Waals surface area (Å²) >= 11 is 0. The topological polar surface area (TPSA) is 15.3 Å². The summed E-state index contributed by atoms with van der Waals surface area (Å²) in [6.07, 6.45) is 0. The van der Waals surface area contributed by atoms with Crippen LogP contribution in [0.2, 0.25) is 0 Å².